The molecule has 0 aliphatic heterocycles. The SMILES string of the molecule is Oc1ccccc1Cc1ccccc1S. The highest BCUT2D eigenvalue weighted by Crippen LogP contribution is 2.22. The average molecular weight is 216 g/mol. The van der Waals surface area contributed by atoms with Crippen LogP contribution in [0.2, 0.25) is 0 Å². The van der Waals surface area contributed by atoms with E-state index >= 15 is 0 Å². The Labute approximate surface area is 94.8 Å². The second-order valence-corrected chi connectivity index (χ2v) is 3.92. The van der Waals surface area contributed by atoms with Gasteiger partial charge in [-0.2, -0.15) is 0 Å². The minimum Gasteiger partial charge on any atom is -0.508 e. The lowest BCUT2D eigenvalue weighted by Crippen LogP contribution is -1.89. The van der Waals surface area contributed by atoms with Crippen LogP contribution in [-0.4, -0.2) is 5.11 Å². The van der Waals surface area contributed by atoms with Gasteiger partial charge in [-0.25, -0.2) is 0 Å². The van der Waals surface area contributed by atoms with Crippen molar-refractivity contribution in [3.63, 3.8) is 0 Å². The molecule has 15 heavy (non-hydrogen) atoms. The summed E-state index contributed by atoms with van der Waals surface area (Å²) in [5, 5.41) is 9.64. The third-order valence-electron chi connectivity index (χ3n) is 2.36. The first kappa shape index (κ1) is 10.1. The van der Waals surface area contributed by atoms with Crippen molar-refractivity contribution in [3.05, 3.63) is 59.7 Å². The molecule has 0 amide bonds. The highest BCUT2D eigenvalue weighted by molar-refractivity contribution is 7.80. The van der Waals surface area contributed by atoms with Gasteiger partial charge in [-0.1, -0.05) is 36.4 Å². The van der Waals surface area contributed by atoms with Crippen molar-refractivity contribution in [2.24, 2.45) is 0 Å². The fourth-order valence-electron chi connectivity index (χ4n) is 1.53. The number of hydrogen-bond acceptors (Lipinski definition) is 2. The Bertz CT molecular complexity index is 422. The second kappa shape index (κ2) is 4.41. The maximum atomic E-state index is 9.64. The van der Waals surface area contributed by atoms with Gasteiger partial charge in [0.15, 0.2) is 0 Å². The number of phenolic OH excluding ortho intramolecular Hbond substituents is 1. The number of para-hydroxylation sites is 1. The van der Waals surface area contributed by atoms with Crippen molar-refractivity contribution in [2.45, 2.75) is 11.3 Å². The van der Waals surface area contributed by atoms with Crippen LogP contribution in [0.5, 0.6) is 5.75 Å². The highest BCUT2D eigenvalue weighted by Gasteiger charge is 2.03. The van der Waals surface area contributed by atoms with Crippen molar-refractivity contribution in [3.8, 4) is 5.75 Å². The number of thiol groups is 1. The summed E-state index contributed by atoms with van der Waals surface area (Å²) in [6.07, 6.45) is 0.715. The van der Waals surface area contributed by atoms with Crippen molar-refractivity contribution >= 4 is 12.6 Å². The molecule has 0 aliphatic carbocycles. The topological polar surface area (TPSA) is 20.2 Å². The fourth-order valence-corrected chi connectivity index (χ4v) is 1.77. The van der Waals surface area contributed by atoms with Gasteiger partial charge in [-0.15, -0.1) is 12.6 Å². The first-order valence-corrected chi connectivity index (χ1v) is 5.26. The molecule has 2 aromatic carbocycles. The number of phenols is 1. The molecule has 76 valence electrons. The van der Waals surface area contributed by atoms with Crippen molar-refractivity contribution in [1.29, 1.82) is 0 Å². The lowest BCUT2D eigenvalue weighted by Gasteiger charge is -2.06. The molecule has 0 aromatic heterocycles. The molecule has 0 bridgehead atoms. The van der Waals surface area contributed by atoms with Gasteiger partial charge in [0.2, 0.25) is 0 Å². The van der Waals surface area contributed by atoms with E-state index in [2.05, 4.69) is 12.6 Å². The summed E-state index contributed by atoms with van der Waals surface area (Å²) in [6.45, 7) is 0. The van der Waals surface area contributed by atoms with Crippen LogP contribution in [0.25, 0.3) is 0 Å². The predicted molar refractivity (Wildman–Crippen MR) is 64.6 cm³/mol. The lowest BCUT2D eigenvalue weighted by molar-refractivity contribution is 0.469. The summed E-state index contributed by atoms with van der Waals surface area (Å²) in [5.74, 6) is 0.342. The van der Waals surface area contributed by atoms with Crippen LogP contribution in [0, 0.1) is 0 Å². The normalized spacial score (nSPS) is 10.2. The number of hydrogen-bond donors (Lipinski definition) is 2. The molecule has 1 nitrogen and oxygen atoms in total. The maximum absolute atomic E-state index is 9.64. The molecule has 0 radical (unpaired) electrons. The largest absolute Gasteiger partial charge is 0.508 e. The Balaban J connectivity index is 2.30. The molecule has 0 saturated carbocycles. The van der Waals surface area contributed by atoms with Crippen molar-refractivity contribution < 1.29 is 5.11 Å². The van der Waals surface area contributed by atoms with Crippen LogP contribution >= 0.6 is 12.6 Å². The molecule has 0 atom stereocenters. The summed E-state index contributed by atoms with van der Waals surface area (Å²) in [4.78, 5) is 0.959. The first-order chi connectivity index (χ1) is 7.27. The summed E-state index contributed by atoms with van der Waals surface area (Å²) in [5.41, 5.74) is 2.06. The summed E-state index contributed by atoms with van der Waals surface area (Å²) >= 11 is 4.38. The Morgan fingerprint density at radius 1 is 0.867 bits per heavy atom. The monoisotopic (exact) mass is 216 g/mol. The van der Waals surface area contributed by atoms with Gasteiger partial charge >= 0.3 is 0 Å². The third-order valence-corrected chi connectivity index (χ3v) is 2.80. The quantitative estimate of drug-likeness (QED) is 0.738. The van der Waals surface area contributed by atoms with Gasteiger partial charge in [0, 0.05) is 11.3 Å². The van der Waals surface area contributed by atoms with E-state index in [1.807, 2.05) is 42.5 Å². The van der Waals surface area contributed by atoms with Crippen molar-refractivity contribution in [2.75, 3.05) is 0 Å². The minimum atomic E-state index is 0.342. The van der Waals surface area contributed by atoms with E-state index in [1.165, 1.54) is 0 Å². The molecule has 2 aromatic rings. The van der Waals surface area contributed by atoms with Crippen molar-refractivity contribution in [1.82, 2.24) is 0 Å². The molecule has 0 spiro atoms. The second-order valence-electron chi connectivity index (χ2n) is 3.43. The summed E-state index contributed by atoms with van der Waals surface area (Å²) < 4.78 is 0. The maximum Gasteiger partial charge on any atom is 0.119 e. The van der Waals surface area contributed by atoms with E-state index in [0.717, 1.165) is 16.0 Å². The van der Waals surface area contributed by atoms with E-state index in [4.69, 9.17) is 0 Å². The van der Waals surface area contributed by atoms with Gasteiger partial charge in [0.05, 0.1) is 0 Å². The van der Waals surface area contributed by atoms with Gasteiger partial charge < -0.3 is 5.11 Å². The molecule has 2 rings (SSSR count). The van der Waals surface area contributed by atoms with E-state index in [9.17, 15) is 5.11 Å². The van der Waals surface area contributed by atoms with Crippen LogP contribution in [0.15, 0.2) is 53.4 Å². The molecule has 0 saturated heterocycles. The van der Waals surface area contributed by atoms with Crippen LogP contribution in [0.1, 0.15) is 11.1 Å². The van der Waals surface area contributed by atoms with Gasteiger partial charge in [-0.05, 0) is 23.3 Å². The summed E-state index contributed by atoms with van der Waals surface area (Å²) in [7, 11) is 0. The number of rotatable bonds is 2. The van der Waals surface area contributed by atoms with Crippen LogP contribution < -0.4 is 0 Å². The molecular formula is C13H12OS. The van der Waals surface area contributed by atoms with Gasteiger partial charge in [-0.3, -0.25) is 0 Å². The van der Waals surface area contributed by atoms with Gasteiger partial charge in [0.25, 0.3) is 0 Å². The van der Waals surface area contributed by atoms with E-state index in [0.29, 0.717) is 12.2 Å². The summed E-state index contributed by atoms with van der Waals surface area (Å²) in [6, 6.07) is 15.3. The molecule has 0 unspecified atom stereocenters. The Morgan fingerprint density at radius 2 is 1.47 bits per heavy atom. The molecule has 1 N–H and O–H groups in total. The molecule has 0 heterocycles. The predicted octanol–water partition coefficient (Wildman–Crippen LogP) is 3.27. The standard InChI is InChI=1S/C13H12OS/c14-12-7-3-1-5-10(12)9-11-6-2-4-8-13(11)15/h1-8,14-15H,9H2. The fraction of sp³-hybridized carbons (Fsp3) is 0.0769. The zero-order valence-corrected chi connectivity index (χ0v) is 9.11. The zero-order chi connectivity index (χ0) is 10.7. The molecule has 0 fully saturated rings. The molecular weight excluding hydrogens is 204 g/mol. The zero-order valence-electron chi connectivity index (χ0n) is 8.22. The Morgan fingerprint density at radius 3 is 2.13 bits per heavy atom. The first-order valence-electron chi connectivity index (χ1n) is 4.81. The van der Waals surface area contributed by atoms with Crippen LogP contribution in [0.3, 0.4) is 0 Å². The lowest BCUT2D eigenvalue weighted by atomic mass is 10.0. The van der Waals surface area contributed by atoms with E-state index in [1.54, 1.807) is 6.07 Å². The minimum absolute atomic E-state index is 0.342. The number of aromatic hydroxyl groups is 1. The number of benzene rings is 2. The highest BCUT2D eigenvalue weighted by atomic mass is 32.1. The van der Waals surface area contributed by atoms with Gasteiger partial charge in [0.1, 0.15) is 5.75 Å². The smallest absolute Gasteiger partial charge is 0.119 e. The van der Waals surface area contributed by atoms with Crippen LogP contribution in [0.4, 0.5) is 0 Å². The average Bonchev–Trinajstić information content (AvgIpc) is 2.24. The third kappa shape index (κ3) is 2.34. The van der Waals surface area contributed by atoms with Crippen LogP contribution in [-0.2, 0) is 6.42 Å². The van der Waals surface area contributed by atoms with E-state index < -0.39 is 0 Å². The Hall–Kier alpha value is -1.41. The molecule has 0 aliphatic rings. The van der Waals surface area contributed by atoms with E-state index in [-0.39, 0.29) is 0 Å². The Kier molecular flexibility index (Phi) is 2.97. The molecule has 2 heteroatoms.